The molecule has 7 heteroatoms. The fourth-order valence-electron chi connectivity index (χ4n) is 1.84. The van der Waals surface area contributed by atoms with Gasteiger partial charge in [0.1, 0.15) is 18.2 Å². The normalized spacial score (nSPS) is 10.5. The van der Waals surface area contributed by atoms with E-state index < -0.39 is 0 Å². The van der Waals surface area contributed by atoms with E-state index in [2.05, 4.69) is 19.9 Å². The first kappa shape index (κ1) is 13.0. The van der Waals surface area contributed by atoms with Crippen LogP contribution < -0.4 is 15.0 Å². The van der Waals surface area contributed by atoms with E-state index in [-0.39, 0.29) is 12.2 Å². The monoisotopic (exact) mass is 284 g/mol. The number of H-pyrrole nitrogens is 1. The molecule has 3 aromatic rings. The summed E-state index contributed by atoms with van der Waals surface area (Å²) in [4.78, 5) is 27.0. The molecule has 3 heterocycles. The molecule has 0 aliphatic heterocycles. The van der Waals surface area contributed by atoms with Gasteiger partial charge in [0.2, 0.25) is 5.88 Å². The van der Waals surface area contributed by atoms with Crippen molar-refractivity contribution in [2.45, 2.75) is 6.61 Å². The zero-order chi connectivity index (χ0) is 14.7. The van der Waals surface area contributed by atoms with Crippen LogP contribution in [0.4, 0.5) is 0 Å². The van der Waals surface area contributed by atoms with Crippen LogP contribution in [-0.4, -0.2) is 27.0 Å². The van der Waals surface area contributed by atoms with Crippen molar-refractivity contribution in [2.24, 2.45) is 0 Å². The standard InChI is InChI=1S/C14H12N4O3/c1-20-13-5-10-11(7-16-13)17-12(18-14(10)19)8-21-9-3-2-4-15-6-9/h2-7H,8H2,1H3,(H,17,18,19). The number of pyridine rings is 2. The van der Waals surface area contributed by atoms with Crippen LogP contribution in [0.5, 0.6) is 11.6 Å². The molecule has 21 heavy (non-hydrogen) atoms. The van der Waals surface area contributed by atoms with Crippen molar-refractivity contribution in [3.05, 3.63) is 53.0 Å². The second-order valence-electron chi connectivity index (χ2n) is 4.23. The molecule has 0 unspecified atom stereocenters. The number of nitrogens with zero attached hydrogens (tertiary/aromatic N) is 3. The topological polar surface area (TPSA) is 90.0 Å². The van der Waals surface area contributed by atoms with Crippen molar-refractivity contribution in [2.75, 3.05) is 7.11 Å². The van der Waals surface area contributed by atoms with Gasteiger partial charge >= 0.3 is 0 Å². The number of ether oxygens (including phenoxy) is 2. The van der Waals surface area contributed by atoms with E-state index in [0.29, 0.717) is 28.4 Å². The maximum Gasteiger partial charge on any atom is 0.259 e. The molecule has 0 saturated carbocycles. The van der Waals surface area contributed by atoms with Gasteiger partial charge < -0.3 is 14.5 Å². The first-order chi connectivity index (χ1) is 10.3. The average molecular weight is 284 g/mol. The third-order valence-electron chi connectivity index (χ3n) is 2.83. The van der Waals surface area contributed by atoms with E-state index in [1.54, 1.807) is 30.6 Å². The first-order valence-electron chi connectivity index (χ1n) is 6.22. The highest BCUT2D eigenvalue weighted by Gasteiger charge is 2.07. The Hall–Kier alpha value is -2.96. The Morgan fingerprint density at radius 1 is 1.33 bits per heavy atom. The zero-order valence-corrected chi connectivity index (χ0v) is 11.2. The molecule has 3 rings (SSSR count). The lowest BCUT2D eigenvalue weighted by Crippen LogP contribution is -2.14. The third kappa shape index (κ3) is 2.81. The maximum atomic E-state index is 12.0. The molecule has 0 spiro atoms. The molecule has 0 aliphatic carbocycles. The van der Waals surface area contributed by atoms with Gasteiger partial charge in [-0.15, -0.1) is 0 Å². The van der Waals surface area contributed by atoms with Crippen molar-refractivity contribution >= 4 is 10.9 Å². The lowest BCUT2D eigenvalue weighted by molar-refractivity contribution is 0.295. The number of fused-ring (bicyclic) bond motifs is 1. The molecule has 0 saturated heterocycles. The van der Waals surface area contributed by atoms with Gasteiger partial charge in [-0.1, -0.05) is 0 Å². The number of hydrogen-bond acceptors (Lipinski definition) is 6. The molecule has 0 aliphatic rings. The summed E-state index contributed by atoms with van der Waals surface area (Å²) in [6.45, 7) is 0.142. The number of methoxy groups -OCH3 is 1. The second kappa shape index (κ2) is 5.58. The van der Waals surface area contributed by atoms with Gasteiger partial charge in [0.05, 0.1) is 30.4 Å². The minimum Gasteiger partial charge on any atom is -0.484 e. The number of nitrogens with one attached hydrogen (secondary N) is 1. The smallest absolute Gasteiger partial charge is 0.259 e. The van der Waals surface area contributed by atoms with E-state index >= 15 is 0 Å². The van der Waals surface area contributed by atoms with Crippen molar-refractivity contribution in [1.82, 2.24) is 19.9 Å². The fraction of sp³-hybridized carbons (Fsp3) is 0.143. The van der Waals surface area contributed by atoms with Gasteiger partial charge in [-0.05, 0) is 12.1 Å². The highest BCUT2D eigenvalue weighted by molar-refractivity contribution is 5.77. The van der Waals surface area contributed by atoms with E-state index in [0.717, 1.165) is 0 Å². The molecule has 0 atom stereocenters. The Morgan fingerprint density at radius 2 is 2.24 bits per heavy atom. The maximum absolute atomic E-state index is 12.0. The summed E-state index contributed by atoms with van der Waals surface area (Å²) in [6, 6.07) is 5.09. The largest absolute Gasteiger partial charge is 0.484 e. The molecule has 106 valence electrons. The van der Waals surface area contributed by atoms with Crippen molar-refractivity contribution < 1.29 is 9.47 Å². The van der Waals surface area contributed by atoms with E-state index in [4.69, 9.17) is 9.47 Å². The summed E-state index contributed by atoms with van der Waals surface area (Å²) in [6.07, 6.45) is 4.74. The molecule has 1 N–H and O–H groups in total. The molecule has 0 aromatic carbocycles. The van der Waals surface area contributed by atoms with Crippen molar-refractivity contribution in [3.8, 4) is 11.6 Å². The predicted octanol–water partition coefficient (Wildman–Crippen LogP) is 1.30. The molecular formula is C14H12N4O3. The van der Waals surface area contributed by atoms with E-state index in [9.17, 15) is 4.79 Å². The van der Waals surface area contributed by atoms with Crippen LogP contribution in [0.2, 0.25) is 0 Å². The molecule has 0 bridgehead atoms. The van der Waals surface area contributed by atoms with Gasteiger partial charge in [-0.3, -0.25) is 9.78 Å². The molecule has 3 aromatic heterocycles. The molecule has 0 fully saturated rings. The van der Waals surface area contributed by atoms with Crippen LogP contribution in [0.3, 0.4) is 0 Å². The summed E-state index contributed by atoms with van der Waals surface area (Å²) in [5, 5.41) is 0.423. The third-order valence-corrected chi connectivity index (χ3v) is 2.83. The number of hydrogen-bond donors (Lipinski definition) is 1. The molecule has 0 amide bonds. The summed E-state index contributed by atoms with van der Waals surface area (Å²) < 4.78 is 10.5. The van der Waals surface area contributed by atoms with Crippen molar-refractivity contribution in [1.29, 1.82) is 0 Å². The lowest BCUT2D eigenvalue weighted by Gasteiger charge is -2.06. The Kier molecular flexibility index (Phi) is 3.46. The average Bonchev–Trinajstić information content (AvgIpc) is 2.54. The van der Waals surface area contributed by atoms with Crippen molar-refractivity contribution in [3.63, 3.8) is 0 Å². The molecular weight excluding hydrogens is 272 g/mol. The van der Waals surface area contributed by atoms with Crippen LogP contribution >= 0.6 is 0 Å². The highest BCUT2D eigenvalue weighted by atomic mass is 16.5. The summed E-state index contributed by atoms with van der Waals surface area (Å²) >= 11 is 0. The number of rotatable bonds is 4. The quantitative estimate of drug-likeness (QED) is 0.776. The lowest BCUT2D eigenvalue weighted by atomic mass is 10.3. The van der Waals surface area contributed by atoms with Crippen LogP contribution in [0, 0.1) is 0 Å². The SMILES string of the molecule is COc1cc2c(=O)[nH]c(COc3cccnc3)nc2cn1. The summed E-state index contributed by atoms with van der Waals surface area (Å²) in [7, 11) is 1.49. The Labute approximate surface area is 119 Å². The van der Waals surface area contributed by atoms with Crippen LogP contribution in [0.15, 0.2) is 41.6 Å². The number of aromatic nitrogens is 4. The summed E-state index contributed by atoms with van der Waals surface area (Å²) in [5.74, 6) is 1.39. The first-order valence-corrected chi connectivity index (χ1v) is 6.22. The van der Waals surface area contributed by atoms with E-state index in [1.807, 2.05) is 0 Å². The molecule has 0 radical (unpaired) electrons. The second-order valence-corrected chi connectivity index (χ2v) is 4.23. The summed E-state index contributed by atoms with van der Waals surface area (Å²) in [5.41, 5.74) is 0.231. The Morgan fingerprint density at radius 3 is 3.00 bits per heavy atom. The predicted molar refractivity (Wildman–Crippen MR) is 75.3 cm³/mol. The van der Waals surface area contributed by atoms with Crippen LogP contribution in [-0.2, 0) is 6.61 Å². The van der Waals surface area contributed by atoms with Gasteiger partial charge in [-0.2, -0.15) is 0 Å². The van der Waals surface area contributed by atoms with Gasteiger partial charge in [0.25, 0.3) is 5.56 Å². The Balaban J connectivity index is 1.88. The minimum absolute atomic E-state index is 0.142. The zero-order valence-electron chi connectivity index (χ0n) is 11.2. The van der Waals surface area contributed by atoms with E-state index in [1.165, 1.54) is 13.3 Å². The molecule has 7 nitrogen and oxygen atoms in total. The van der Waals surface area contributed by atoms with Gasteiger partial charge in [0, 0.05) is 12.3 Å². The van der Waals surface area contributed by atoms with Crippen LogP contribution in [0.25, 0.3) is 10.9 Å². The van der Waals surface area contributed by atoms with Gasteiger partial charge in [0.15, 0.2) is 0 Å². The van der Waals surface area contributed by atoms with Crippen LogP contribution in [0.1, 0.15) is 5.82 Å². The highest BCUT2D eigenvalue weighted by Crippen LogP contribution is 2.13. The van der Waals surface area contributed by atoms with Gasteiger partial charge in [-0.25, -0.2) is 9.97 Å². The fourth-order valence-corrected chi connectivity index (χ4v) is 1.84. The minimum atomic E-state index is -0.259. The Bertz CT molecular complexity index is 817. The number of aromatic amines is 1.